The van der Waals surface area contributed by atoms with Crippen LogP contribution in [0.2, 0.25) is 0 Å². The van der Waals surface area contributed by atoms with Crippen molar-refractivity contribution in [2.75, 3.05) is 32.0 Å². The maximum absolute atomic E-state index is 12.4. The molecule has 1 amide bonds. The SMILES string of the molecule is Cc1cc(C)c(NC(=O)C2CNCCN2C)c(C)c1. The van der Waals surface area contributed by atoms with E-state index in [-0.39, 0.29) is 11.9 Å². The van der Waals surface area contributed by atoms with Crippen molar-refractivity contribution in [1.82, 2.24) is 10.2 Å². The zero-order valence-corrected chi connectivity index (χ0v) is 12.2. The van der Waals surface area contributed by atoms with Crippen molar-refractivity contribution in [2.24, 2.45) is 0 Å². The minimum atomic E-state index is -0.0890. The van der Waals surface area contributed by atoms with Crippen LogP contribution in [0.5, 0.6) is 0 Å². The number of aryl methyl sites for hydroxylation is 3. The average Bonchev–Trinajstić information content (AvgIpc) is 2.34. The standard InChI is InChI=1S/C15H23N3O/c1-10-7-11(2)14(12(3)8-10)17-15(19)13-9-16-5-6-18(13)4/h7-8,13,16H,5-6,9H2,1-4H3,(H,17,19). The number of benzene rings is 1. The Labute approximate surface area is 115 Å². The lowest BCUT2D eigenvalue weighted by Crippen LogP contribution is -2.54. The van der Waals surface area contributed by atoms with Gasteiger partial charge in [-0.3, -0.25) is 9.69 Å². The summed E-state index contributed by atoms with van der Waals surface area (Å²) < 4.78 is 0. The van der Waals surface area contributed by atoms with Gasteiger partial charge in [0.2, 0.25) is 5.91 Å². The highest BCUT2D eigenvalue weighted by Crippen LogP contribution is 2.22. The third kappa shape index (κ3) is 3.14. The molecule has 2 N–H and O–H groups in total. The summed E-state index contributed by atoms with van der Waals surface area (Å²) in [5, 5.41) is 6.35. The molecule has 1 aromatic rings. The zero-order valence-electron chi connectivity index (χ0n) is 12.2. The van der Waals surface area contributed by atoms with Gasteiger partial charge in [0.25, 0.3) is 0 Å². The van der Waals surface area contributed by atoms with Crippen LogP contribution in [0.3, 0.4) is 0 Å². The molecule has 1 aliphatic heterocycles. The van der Waals surface area contributed by atoms with Gasteiger partial charge in [-0.05, 0) is 38.9 Å². The van der Waals surface area contributed by atoms with Crippen molar-refractivity contribution >= 4 is 11.6 Å². The maximum Gasteiger partial charge on any atom is 0.243 e. The Kier molecular flexibility index (Phi) is 4.22. The van der Waals surface area contributed by atoms with E-state index in [0.29, 0.717) is 6.54 Å². The summed E-state index contributed by atoms with van der Waals surface area (Å²) in [6.07, 6.45) is 0. The molecule has 1 saturated heterocycles. The Hall–Kier alpha value is -1.39. The van der Waals surface area contributed by atoms with Gasteiger partial charge in [0.05, 0.1) is 0 Å². The van der Waals surface area contributed by atoms with Gasteiger partial charge in [-0.2, -0.15) is 0 Å². The first-order chi connectivity index (χ1) is 8.99. The highest BCUT2D eigenvalue weighted by Gasteiger charge is 2.26. The number of nitrogens with zero attached hydrogens (tertiary/aromatic N) is 1. The van der Waals surface area contributed by atoms with E-state index < -0.39 is 0 Å². The van der Waals surface area contributed by atoms with E-state index in [9.17, 15) is 4.79 Å². The lowest BCUT2D eigenvalue weighted by molar-refractivity contribution is -0.121. The van der Waals surface area contributed by atoms with Gasteiger partial charge in [-0.15, -0.1) is 0 Å². The molecule has 19 heavy (non-hydrogen) atoms. The van der Waals surface area contributed by atoms with Gasteiger partial charge in [0, 0.05) is 25.3 Å². The molecule has 4 heteroatoms. The molecule has 0 radical (unpaired) electrons. The van der Waals surface area contributed by atoms with E-state index in [0.717, 1.165) is 29.9 Å². The molecule has 1 aliphatic rings. The number of anilines is 1. The first-order valence-corrected chi connectivity index (χ1v) is 6.78. The van der Waals surface area contributed by atoms with Crippen LogP contribution >= 0.6 is 0 Å². The van der Waals surface area contributed by atoms with E-state index in [4.69, 9.17) is 0 Å². The molecule has 1 heterocycles. The summed E-state index contributed by atoms with van der Waals surface area (Å²) >= 11 is 0. The molecule has 0 saturated carbocycles. The fourth-order valence-corrected chi connectivity index (χ4v) is 2.68. The van der Waals surface area contributed by atoms with Gasteiger partial charge in [-0.1, -0.05) is 17.7 Å². The van der Waals surface area contributed by atoms with E-state index in [1.54, 1.807) is 0 Å². The number of carbonyl (C=O) groups is 1. The number of nitrogens with one attached hydrogen (secondary N) is 2. The molecule has 4 nitrogen and oxygen atoms in total. The van der Waals surface area contributed by atoms with Crippen molar-refractivity contribution in [3.63, 3.8) is 0 Å². The number of likely N-dealkylation sites (N-methyl/N-ethyl adjacent to an activating group) is 1. The fraction of sp³-hybridized carbons (Fsp3) is 0.533. The number of carbonyl (C=O) groups excluding carboxylic acids is 1. The third-order valence-corrected chi connectivity index (χ3v) is 3.74. The number of amides is 1. The van der Waals surface area contributed by atoms with E-state index in [2.05, 4.69) is 34.6 Å². The Morgan fingerprint density at radius 2 is 1.95 bits per heavy atom. The predicted octanol–water partition coefficient (Wildman–Crippen LogP) is 1.45. The molecule has 2 rings (SSSR count). The lowest BCUT2D eigenvalue weighted by atomic mass is 10.0. The molecular formula is C15H23N3O. The molecule has 0 spiro atoms. The molecule has 1 unspecified atom stereocenters. The van der Waals surface area contributed by atoms with Crippen LogP contribution in [0.4, 0.5) is 5.69 Å². The van der Waals surface area contributed by atoms with Gasteiger partial charge in [0.15, 0.2) is 0 Å². The maximum atomic E-state index is 12.4. The van der Waals surface area contributed by atoms with Crippen LogP contribution < -0.4 is 10.6 Å². The van der Waals surface area contributed by atoms with Crippen molar-refractivity contribution < 1.29 is 4.79 Å². The van der Waals surface area contributed by atoms with Crippen LogP contribution in [-0.2, 0) is 4.79 Å². The largest absolute Gasteiger partial charge is 0.324 e. The van der Waals surface area contributed by atoms with E-state index in [1.165, 1.54) is 5.56 Å². The summed E-state index contributed by atoms with van der Waals surface area (Å²) in [6.45, 7) is 8.72. The fourth-order valence-electron chi connectivity index (χ4n) is 2.68. The van der Waals surface area contributed by atoms with Crippen molar-refractivity contribution in [3.05, 3.63) is 28.8 Å². The monoisotopic (exact) mass is 261 g/mol. The van der Waals surface area contributed by atoms with Crippen LogP contribution in [0.25, 0.3) is 0 Å². The minimum absolute atomic E-state index is 0.0738. The van der Waals surface area contributed by atoms with Gasteiger partial charge < -0.3 is 10.6 Å². The van der Waals surface area contributed by atoms with E-state index in [1.807, 2.05) is 20.9 Å². The van der Waals surface area contributed by atoms with Crippen LogP contribution in [0, 0.1) is 20.8 Å². The van der Waals surface area contributed by atoms with Gasteiger partial charge >= 0.3 is 0 Å². The second kappa shape index (κ2) is 5.72. The summed E-state index contributed by atoms with van der Waals surface area (Å²) in [7, 11) is 2.00. The minimum Gasteiger partial charge on any atom is -0.324 e. The first kappa shape index (κ1) is 14.0. The van der Waals surface area contributed by atoms with Crippen molar-refractivity contribution in [1.29, 1.82) is 0 Å². The van der Waals surface area contributed by atoms with Crippen molar-refractivity contribution in [3.8, 4) is 0 Å². The summed E-state index contributed by atoms with van der Waals surface area (Å²) in [5.74, 6) is 0.0738. The van der Waals surface area contributed by atoms with Crippen LogP contribution in [0.1, 0.15) is 16.7 Å². The highest BCUT2D eigenvalue weighted by molar-refractivity contribution is 5.96. The first-order valence-electron chi connectivity index (χ1n) is 6.78. The molecule has 1 aromatic carbocycles. The normalized spacial score (nSPS) is 20.3. The molecule has 1 atom stereocenters. The molecule has 0 aromatic heterocycles. The number of rotatable bonds is 2. The summed E-state index contributed by atoms with van der Waals surface area (Å²) in [4.78, 5) is 14.5. The average molecular weight is 261 g/mol. The van der Waals surface area contributed by atoms with Crippen LogP contribution in [0.15, 0.2) is 12.1 Å². The molecule has 0 bridgehead atoms. The Morgan fingerprint density at radius 3 is 2.53 bits per heavy atom. The lowest BCUT2D eigenvalue weighted by Gasteiger charge is -2.32. The quantitative estimate of drug-likeness (QED) is 0.847. The topological polar surface area (TPSA) is 44.4 Å². The van der Waals surface area contributed by atoms with E-state index >= 15 is 0 Å². The summed E-state index contributed by atoms with van der Waals surface area (Å²) in [6, 6.07) is 4.12. The Morgan fingerprint density at radius 1 is 1.32 bits per heavy atom. The Bertz CT molecular complexity index is 461. The van der Waals surface area contributed by atoms with Crippen LogP contribution in [-0.4, -0.2) is 43.5 Å². The second-order valence-electron chi connectivity index (χ2n) is 5.46. The molecule has 104 valence electrons. The zero-order chi connectivity index (χ0) is 14.0. The second-order valence-corrected chi connectivity index (χ2v) is 5.46. The van der Waals surface area contributed by atoms with Gasteiger partial charge in [0.1, 0.15) is 6.04 Å². The summed E-state index contributed by atoms with van der Waals surface area (Å²) in [5.41, 5.74) is 4.42. The Balaban J connectivity index is 2.14. The van der Waals surface area contributed by atoms with Crippen molar-refractivity contribution in [2.45, 2.75) is 26.8 Å². The third-order valence-electron chi connectivity index (χ3n) is 3.74. The number of piperazine rings is 1. The highest BCUT2D eigenvalue weighted by atomic mass is 16.2. The molecule has 1 fully saturated rings. The molecular weight excluding hydrogens is 238 g/mol. The molecule has 0 aliphatic carbocycles. The smallest absolute Gasteiger partial charge is 0.243 e. The van der Waals surface area contributed by atoms with Gasteiger partial charge in [-0.25, -0.2) is 0 Å². The number of hydrogen-bond acceptors (Lipinski definition) is 3. The number of hydrogen-bond donors (Lipinski definition) is 2. The predicted molar refractivity (Wildman–Crippen MR) is 78.6 cm³/mol.